The third-order valence-electron chi connectivity index (χ3n) is 2.96. The van der Waals surface area contributed by atoms with Gasteiger partial charge in [0.1, 0.15) is 0 Å². The number of carbonyl (C=O) groups is 2. The van der Waals surface area contributed by atoms with Gasteiger partial charge in [-0.3, -0.25) is 9.59 Å². The SMILES string of the molecule is CO[C@@H]1C=CC(=O)CCC(=O)O[C@@H](C)CCC/C=C\1. The number of allylic oxidation sites excluding steroid dienone is 2. The second kappa shape index (κ2) is 8.64. The Morgan fingerprint density at radius 1 is 1.26 bits per heavy atom. The zero-order valence-corrected chi connectivity index (χ0v) is 11.6. The molecular formula is C15H22O4. The molecule has 1 aliphatic rings. The van der Waals surface area contributed by atoms with Crippen LogP contribution in [0.1, 0.15) is 39.0 Å². The molecule has 1 rings (SSSR count). The number of hydrogen-bond acceptors (Lipinski definition) is 4. The molecule has 0 aromatic rings. The smallest absolute Gasteiger partial charge is 0.306 e. The number of ether oxygens (including phenoxy) is 2. The number of rotatable bonds is 1. The number of cyclic esters (lactones) is 1. The van der Waals surface area contributed by atoms with Crippen molar-refractivity contribution in [1.82, 2.24) is 0 Å². The van der Waals surface area contributed by atoms with Crippen LogP contribution in [-0.2, 0) is 19.1 Å². The molecule has 0 saturated carbocycles. The fraction of sp³-hybridized carbons (Fsp3) is 0.600. The quantitative estimate of drug-likeness (QED) is 0.540. The Kier molecular flexibility index (Phi) is 7.11. The maximum Gasteiger partial charge on any atom is 0.306 e. The number of hydrogen-bond donors (Lipinski definition) is 0. The van der Waals surface area contributed by atoms with Gasteiger partial charge < -0.3 is 9.47 Å². The predicted octanol–water partition coefficient (Wildman–Crippen LogP) is 2.58. The topological polar surface area (TPSA) is 52.6 Å². The van der Waals surface area contributed by atoms with Crippen LogP contribution in [0, 0.1) is 0 Å². The third kappa shape index (κ3) is 6.91. The maximum atomic E-state index is 11.6. The van der Waals surface area contributed by atoms with Crippen LogP contribution < -0.4 is 0 Å². The van der Waals surface area contributed by atoms with Crippen LogP contribution in [0.5, 0.6) is 0 Å². The summed E-state index contributed by atoms with van der Waals surface area (Å²) in [5, 5.41) is 0. The summed E-state index contributed by atoms with van der Waals surface area (Å²) in [6, 6.07) is 0. The van der Waals surface area contributed by atoms with Crippen molar-refractivity contribution in [2.24, 2.45) is 0 Å². The molecule has 4 nitrogen and oxygen atoms in total. The summed E-state index contributed by atoms with van der Waals surface area (Å²) in [4.78, 5) is 23.1. The zero-order valence-electron chi connectivity index (χ0n) is 11.6. The van der Waals surface area contributed by atoms with Crippen LogP contribution in [0.2, 0.25) is 0 Å². The fourth-order valence-corrected chi connectivity index (χ4v) is 1.83. The lowest BCUT2D eigenvalue weighted by Crippen LogP contribution is -2.15. The van der Waals surface area contributed by atoms with Crippen molar-refractivity contribution in [3.05, 3.63) is 24.3 Å². The molecule has 4 heteroatoms. The molecule has 0 N–H and O–H groups in total. The Morgan fingerprint density at radius 3 is 2.79 bits per heavy atom. The van der Waals surface area contributed by atoms with E-state index in [2.05, 4.69) is 0 Å². The first-order valence-electron chi connectivity index (χ1n) is 6.71. The van der Waals surface area contributed by atoms with E-state index in [1.807, 2.05) is 19.1 Å². The van der Waals surface area contributed by atoms with E-state index >= 15 is 0 Å². The molecule has 0 unspecified atom stereocenters. The lowest BCUT2D eigenvalue weighted by Gasteiger charge is -2.13. The Morgan fingerprint density at radius 2 is 2.05 bits per heavy atom. The summed E-state index contributed by atoms with van der Waals surface area (Å²) in [6.45, 7) is 1.88. The molecule has 0 aliphatic carbocycles. The number of carbonyl (C=O) groups excluding carboxylic acids is 2. The Balaban J connectivity index is 2.65. The van der Waals surface area contributed by atoms with E-state index in [1.54, 1.807) is 13.2 Å². The highest BCUT2D eigenvalue weighted by molar-refractivity contribution is 5.91. The second-order valence-electron chi connectivity index (χ2n) is 4.69. The molecular weight excluding hydrogens is 244 g/mol. The van der Waals surface area contributed by atoms with E-state index in [0.717, 1.165) is 19.3 Å². The molecule has 0 spiro atoms. The van der Waals surface area contributed by atoms with Gasteiger partial charge in [0.05, 0.1) is 18.6 Å². The molecule has 19 heavy (non-hydrogen) atoms. The van der Waals surface area contributed by atoms with E-state index in [1.165, 1.54) is 6.08 Å². The molecule has 0 fully saturated rings. The van der Waals surface area contributed by atoms with Gasteiger partial charge in [-0.05, 0) is 38.3 Å². The summed E-state index contributed by atoms with van der Waals surface area (Å²) >= 11 is 0. The van der Waals surface area contributed by atoms with Crippen LogP contribution in [0.15, 0.2) is 24.3 Å². The van der Waals surface area contributed by atoms with E-state index in [0.29, 0.717) is 0 Å². The molecule has 0 amide bonds. The van der Waals surface area contributed by atoms with Gasteiger partial charge in [0.25, 0.3) is 0 Å². The van der Waals surface area contributed by atoms with Gasteiger partial charge >= 0.3 is 5.97 Å². The van der Waals surface area contributed by atoms with E-state index in [9.17, 15) is 9.59 Å². The van der Waals surface area contributed by atoms with Crippen LogP contribution in [0.25, 0.3) is 0 Å². The van der Waals surface area contributed by atoms with Gasteiger partial charge in [0.2, 0.25) is 0 Å². The molecule has 1 aliphatic heterocycles. The standard InChI is InChI=1S/C15H22O4/c1-12-6-4-3-5-7-14(18-2)10-8-13(16)9-11-15(17)19-12/h5,7-8,10,12,14H,3-4,6,9,11H2,1-2H3/b7-5-,10-8?/t12-,14-/m0/s1. The molecule has 106 valence electrons. The third-order valence-corrected chi connectivity index (χ3v) is 2.96. The fourth-order valence-electron chi connectivity index (χ4n) is 1.83. The molecule has 0 aromatic carbocycles. The van der Waals surface area contributed by atoms with Crippen LogP contribution in [-0.4, -0.2) is 31.1 Å². The van der Waals surface area contributed by atoms with Crippen molar-refractivity contribution in [2.75, 3.05) is 7.11 Å². The van der Waals surface area contributed by atoms with E-state index < -0.39 is 0 Å². The summed E-state index contributed by atoms with van der Waals surface area (Å²) in [5.74, 6) is -0.387. The molecule has 0 radical (unpaired) electrons. The summed E-state index contributed by atoms with van der Waals surface area (Å²) in [6.07, 6.45) is 9.90. The first kappa shape index (κ1) is 15.6. The molecule has 0 bridgehead atoms. The highest BCUT2D eigenvalue weighted by Crippen LogP contribution is 2.09. The lowest BCUT2D eigenvalue weighted by atomic mass is 10.1. The molecule has 0 aromatic heterocycles. The van der Waals surface area contributed by atoms with E-state index in [4.69, 9.17) is 9.47 Å². The number of ketones is 1. The van der Waals surface area contributed by atoms with Crippen molar-refractivity contribution in [2.45, 2.75) is 51.2 Å². The van der Waals surface area contributed by atoms with Gasteiger partial charge in [0, 0.05) is 13.5 Å². The zero-order chi connectivity index (χ0) is 14.1. The van der Waals surface area contributed by atoms with Crippen LogP contribution in [0.3, 0.4) is 0 Å². The van der Waals surface area contributed by atoms with Gasteiger partial charge in [0.15, 0.2) is 5.78 Å². The average molecular weight is 266 g/mol. The van der Waals surface area contributed by atoms with Crippen LogP contribution in [0.4, 0.5) is 0 Å². The maximum absolute atomic E-state index is 11.6. The first-order chi connectivity index (χ1) is 9.11. The highest BCUT2D eigenvalue weighted by atomic mass is 16.5. The normalized spacial score (nSPS) is 28.5. The van der Waals surface area contributed by atoms with Crippen LogP contribution >= 0.6 is 0 Å². The second-order valence-corrected chi connectivity index (χ2v) is 4.69. The minimum atomic E-state index is -0.301. The largest absolute Gasteiger partial charge is 0.463 e. The van der Waals surface area contributed by atoms with Crippen molar-refractivity contribution >= 4 is 11.8 Å². The minimum Gasteiger partial charge on any atom is -0.463 e. The summed E-state index contributed by atoms with van der Waals surface area (Å²) in [5.41, 5.74) is 0. The molecule has 1 heterocycles. The van der Waals surface area contributed by atoms with Crippen molar-refractivity contribution in [1.29, 1.82) is 0 Å². The molecule has 0 saturated heterocycles. The average Bonchev–Trinajstić information content (AvgIpc) is 2.38. The predicted molar refractivity (Wildman–Crippen MR) is 72.7 cm³/mol. The van der Waals surface area contributed by atoms with Gasteiger partial charge in [-0.15, -0.1) is 0 Å². The lowest BCUT2D eigenvalue weighted by molar-refractivity contribution is -0.149. The van der Waals surface area contributed by atoms with Crippen molar-refractivity contribution in [3.8, 4) is 0 Å². The minimum absolute atomic E-state index is 0.0860. The molecule has 2 atom stereocenters. The summed E-state index contributed by atoms with van der Waals surface area (Å²) < 4.78 is 10.4. The van der Waals surface area contributed by atoms with Gasteiger partial charge in [-0.25, -0.2) is 0 Å². The van der Waals surface area contributed by atoms with Gasteiger partial charge in [-0.2, -0.15) is 0 Å². The number of methoxy groups -OCH3 is 1. The highest BCUT2D eigenvalue weighted by Gasteiger charge is 2.11. The first-order valence-corrected chi connectivity index (χ1v) is 6.71. The Bertz CT molecular complexity index is 357. The summed E-state index contributed by atoms with van der Waals surface area (Å²) in [7, 11) is 1.60. The Labute approximate surface area is 114 Å². The van der Waals surface area contributed by atoms with Crippen molar-refractivity contribution in [3.63, 3.8) is 0 Å². The van der Waals surface area contributed by atoms with Gasteiger partial charge in [-0.1, -0.05) is 12.2 Å². The van der Waals surface area contributed by atoms with Crippen molar-refractivity contribution < 1.29 is 19.1 Å². The Hall–Kier alpha value is -1.42. The van der Waals surface area contributed by atoms with E-state index in [-0.39, 0.29) is 36.8 Å². The monoisotopic (exact) mass is 266 g/mol. The number of esters is 1.